The van der Waals surface area contributed by atoms with E-state index in [0.717, 1.165) is 5.56 Å². The van der Waals surface area contributed by atoms with Crippen LogP contribution in [0.3, 0.4) is 0 Å². The average molecular weight is 295 g/mol. The molecule has 0 saturated carbocycles. The fourth-order valence-corrected chi connectivity index (χ4v) is 1.34. The summed E-state index contributed by atoms with van der Waals surface area (Å²) in [7, 11) is 0. The molecule has 0 bridgehead atoms. The normalized spacial score (nSPS) is 11.9. The van der Waals surface area contributed by atoms with Crippen molar-refractivity contribution in [2.45, 2.75) is 25.3 Å². The second kappa shape index (κ2) is 8.06. The first-order valence-corrected chi connectivity index (χ1v) is 6.11. The van der Waals surface area contributed by atoms with Crippen molar-refractivity contribution in [2.24, 2.45) is 5.73 Å². The van der Waals surface area contributed by atoms with Crippen LogP contribution in [-0.4, -0.2) is 32.2 Å². The Bertz CT molecular complexity index is 384. The molecule has 0 unspecified atom stereocenters. The first-order chi connectivity index (χ1) is 9.45. The van der Waals surface area contributed by atoms with Crippen LogP contribution in [-0.2, 0) is 11.3 Å². The first-order valence-electron chi connectivity index (χ1n) is 6.11. The highest BCUT2D eigenvalue weighted by atomic mass is 19.3. The van der Waals surface area contributed by atoms with Gasteiger partial charge in [0.1, 0.15) is 12.4 Å². The van der Waals surface area contributed by atoms with E-state index < -0.39 is 19.0 Å². The molecule has 0 aliphatic rings. The summed E-state index contributed by atoms with van der Waals surface area (Å²) in [5.41, 5.74) is 6.41. The number of halogens is 4. The number of benzene rings is 1. The minimum Gasteiger partial charge on any atom is -0.494 e. The lowest BCUT2D eigenvalue weighted by Crippen LogP contribution is -2.32. The van der Waals surface area contributed by atoms with Gasteiger partial charge in [-0.2, -0.15) is 8.78 Å². The van der Waals surface area contributed by atoms with E-state index in [-0.39, 0.29) is 13.2 Å². The Labute approximate surface area is 114 Å². The monoisotopic (exact) mass is 295 g/mol. The fourth-order valence-electron chi connectivity index (χ4n) is 1.34. The zero-order valence-electron chi connectivity index (χ0n) is 10.8. The number of nitrogens with two attached hydrogens (primary N) is 1. The van der Waals surface area contributed by atoms with E-state index >= 15 is 0 Å². The van der Waals surface area contributed by atoms with Crippen molar-refractivity contribution < 1.29 is 27.0 Å². The Morgan fingerprint density at radius 3 is 2.30 bits per heavy atom. The zero-order chi connectivity index (χ0) is 15.0. The number of rotatable bonds is 9. The van der Waals surface area contributed by atoms with Gasteiger partial charge in [-0.1, -0.05) is 12.1 Å². The smallest absolute Gasteiger partial charge is 0.330 e. The number of ether oxygens (including phenoxy) is 2. The maximum Gasteiger partial charge on any atom is 0.330 e. The Morgan fingerprint density at radius 1 is 1.10 bits per heavy atom. The molecule has 114 valence electrons. The van der Waals surface area contributed by atoms with Gasteiger partial charge in [-0.15, -0.1) is 0 Å². The number of hydrogen-bond donors (Lipinski definition) is 1. The second-order valence-electron chi connectivity index (χ2n) is 4.16. The molecule has 20 heavy (non-hydrogen) atoms. The minimum absolute atomic E-state index is 0.0663. The van der Waals surface area contributed by atoms with E-state index in [4.69, 9.17) is 10.5 Å². The Kier molecular flexibility index (Phi) is 6.74. The molecule has 2 N–H and O–H groups in total. The topological polar surface area (TPSA) is 44.5 Å². The summed E-state index contributed by atoms with van der Waals surface area (Å²) in [4.78, 5) is 0. The summed E-state index contributed by atoms with van der Waals surface area (Å²) < 4.78 is 58.4. The van der Waals surface area contributed by atoms with Crippen LogP contribution in [0.1, 0.15) is 12.0 Å². The predicted molar refractivity (Wildman–Crippen MR) is 66.2 cm³/mol. The van der Waals surface area contributed by atoms with Crippen molar-refractivity contribution in [2.75, 3.05) is 19.8 Å². The van der Waals surface area contributed by atoms with Gasteiger partial charge in [-0.25, -0.2) is 8.78 Å². The number of alkyl halides is 4. The van der Waals surface area contributed by atoms with E-state index in [1.54, 1.807) is 12.1 Å². The van der Waals surface area contributed by atoms with E-state index in [0.29, 0.717) is 18.7 Å². The van der Waals surface area contributed by atoms with Crippen molar-refractivity contribution in [3.05, 3.63) is 29.8 Å². The average Bonchev–Trinajstić information content (AvgIpc) is 2.43. The highest BCUT2D eigenvalue weighted by Gasteiger charge is 2.40. The lowest BCUT2D eigenvalue weighted by Gasteiger charge is -2.15. The highest BCUT2D eigenvalue weighted by molar-refractivity contribution is 5.26. The molecule has 3 nitrogen and oxygen atoms in total. The van der Waals surface area contributed by atoms with Gasteiger partial charge in [0.05, 0.1) is 13.2 Å². The molecule has 1 rings (SSSR count). The van der Waals surface area contributed by atoms with Crippen LogP contribution < -0.4 is 10.5 Å². The minimum atomic E-state index is -4.10. The van der Waals surface area contributed by atoms with E-state index in [1.165, 1.54) is 0 Å². The molecule has 0 radical (unpaired) electrons. The predicted octanol–water partition coefficient (Wildman–Crippen LogP) is 2.83. The van der Waals surface area contributed by atoms with Crippen LogP contribution in [0.15, 0.2) is 24.3 Å². The van der Waals surface area contributed by atoms with Crippen LogP contribution in [0.25, 0.3) is 0 Å². The lowest BCUT2D eigenvalue weighted by atomic mass is 10.2. The van der Waals surface area contributed by atoms with Crippen molar-refractivity contribution in [1.82, 2.24) is 0 Å². The molecular formula is C13H17F4NO2. The fraction of sp³-hybridized carbons (Fsp3) is 0.538. The Morgan fingerprint density at radius 2 is 1.75 bits per heavy atom. The molecule has 0 aliphatic heterocycles. The zero-order valence-corrected chi connectivity index (χ0v) is 10.8. The van der Waals surface area contributed by atoms with Gasteiger partial charge in [0.25, 0.3) is 0 Å². The first kappa shape index (κ1) is 16.7. The highest BCUT2D eigenvalue weighted by Crippen LogP contribution is 2.22. The van der Waals surface area contributed by atoms with Crippen molar-refractivity contribution in [3.8, 4) is 5.75 Å². The van der Waals surface area contributed by atoms with Crippen molar-refractivity contribution >= 4 is 0 Å². The molecule has 0 atom stereocenters. The molecule has 0 saturated heterocycles. The molecular weight excluding hydrogens is 278 g/mol. The third-order valence-corrected chi connectivity index (χ3v) is 2.47. The van der Waals surface area contributed by atoms with E-state index in [9.17, 15) is 17.6 Å². The summed E-state index contributed by atoms with van der Waals surface area (Å²) in [6.45, 7) is -0.659. The maximum absolute atomic E-state index is 12.5. The van der Waals surface area contributed by atoms with Crippen molar-refractivity contribution in [1.29, 1.82) is 0 Å². The quantitative estimate of drug-likeness (QED) is 0.563. The maximum atomic E-state index is 12.5. The van der Waals surface area contributed by atoms with E-state index in [1.807, 2.05) is 12.1 Å². The number of hydrogen-bond acceptors (Lipinski definition) is 3. The summed E-state index contributed by atoms with van der Waals surface area (Å²) in [5, 5.41) is 0. The third-order valence-electron chi connectivity index (χ3n) is 2.47. The summed E-state index contributed by atoms with van der Waals surface area (Å²) in [5.74, 6) is -3.47. The van der Waals surface area contributed by atoms with Crippen LogP contribution in [0.5, 0.6) is 5.75 Å². The van der Waals surface area contributed by atoms with Gasteiger partial charge in [-0.3, -0.25) is 0 Å². The molecule has 7 heteroatoms. The largest absolute Gasteiger partial charge is 0.494 e. The van der Waals surface area contributed by atoms with Crippen LogP contribution in [0.4, 0.5) is 17.6 Å². The molecule has 0 heterocycles. The molecule has 0 amide bonds. The molecule has 0 aliphatic carbocycles. The molecule has 0 fully saturated rings. The molecule has 0 aromatic heterocycles. The van der Waals surface area contributed by atoms with Gasteiger partial charge >= 0.3 is 12.3 Å². The van der Waals surface area contributed by atoms with E-state index in [2.05, 4.69) is 4.74 Å². The SMILES string of the molecule is NCc1ccc(OCCCOCC(F)(F)C(F)F)cc1. The van der Waals surface area contributed by atoms with Crippen LogP contribution >= 0.6 is 0 Å². The summed E-state index contributed by atoms with van der Waals surface area (Å²) in [6.07, 6.45) is -3.38. The molecule has 0 spiro atoms. The lowest BCUT2D eigenvalue weighted by molar-refractivity contribution is -0.166. The summed E-state index contributed by atoms with van der Waals surface area (Å²) in [6, 6.07) is 7.12. The Hall–Kier alpha value is -1.34. The van der Waals surface area contributed by atoms with Gasteiger partial charge < -0.3 is 15.2 Å². The van der Waals surface area contributed by atoms with Gasteiger partial charge in [0, 0.05) is 13.0 Å². The third kappa shape index (κ3) is 5.75. The molecule has 1 aromatic carbocycles. The molecule has 1 aromatic rings. The second-order valence-corrected chi connectivity index (χ2v) is 4.16. The van der Waals surface area contributed by atoms with Crippen LogP contribution in [0, 0.1) is 0 Å². The Balaban J connectivity index is 2.13. The summed E-state index contributed by atoms with van der Waals surface area (Å²) >= 11 is 0. The standard InChI is InChI=1S/C13H17F4NO2/c14-12(15)13(16,17)9-19-6-1-7-20-11-4-2-10(8-18)3-5-11/h2-5,12H,1,6-9,18H2. The van der Waals surface area contributed by atoms with Crippen molar-refractivity contribution in [3.63, 3.8) is 0 Å². The van der Waals surface area contributed by atoms with Gasteiger partial charge in [0.15, 0.2) is 0 Å². The van der Waals surface area contributed by atoms with Gasteiger partial charge in [-0.05, 0) is 17.7 Å². The van der Waals surface area contributed by atoms with Crippen LogP contribution in [0.2, 0.25) is 0 Å². The van der Waals surface area contributed by atoms with Gasteiger partial charge in [0.2, 0.25) is 0 Å².